The van der Waals surface area contributed by atoms with Crippen LogP contribution in [0.15, 0.2) is 123 Å². The van der Waals surface area contributed by atoms with Crippen molar-refractivity contribution in [2.75, 3.05) is 0 Å². The van der Waals surface area contributed by atoms with Gasteiger partial charge < -0.3 is 4.48 Å². The first kappa shape index (κ1) is 25.9. The standard InChI is InChI=1S/C36H36N/c1-5-29-9-17-33(18-10-29)25-37(26-34-19-11-30(6-2)12-20-34,27-35-21-13-31(7-3)14-22-35)28-36-23-15-32(8-4)16-24-36/h5-24H,1-4,25-28H2/q+1. The molecule has 4 rings (SSSR count). The van der Waals surface area contributed by atoms with Gasteiger partial charge in [0.25, 0.3) is 0 Å². The van der Waals surface area contributed by atoms with Gasteiger partial charge in [0.2, 0.25) is 0 Å². The molecule has 0 aliphatic heterocycles. The summed E-state index contributed by atoms with van der Waals surface area (Å²) in [5, 5.41) is 0. The Bertz CT molecular complexity index is 1120. The molecule has 0 spiro atoms. The van der Waals surface area contributed by atoms with E-state index in [1.165, 1.54) is 22.3 Å². The first-order chi connectivity index (χ1) is 18.0. The molecule has 37 heavy (non-hydrogen) atoms. The van der Waals surface area contributed by atoms with Crippen LogP contribution in [-0.2, 0) is 26.2 Å². The Morgan fingerprint density at radius 1 is 0.351 bits per heavy atom. The Morgan fingerprint density at radius 2 is 0.541 bits per heavy atom. The molecule has 0 heterocycles. The van der Waals surface area contributed by atoms with Gasteiger partial charge >= 0.3 is 0 Å². The Hall–Kier alpha value is -4.20. The molecule has 0 amide bonds. The van der Waals surface area contributed by atoms with Crippen LogP contribution in [0.3, 0.4) is 0 Å². The van der Waals surface area contributed by atoms with Gasteiger partial charge in [0.15, 0.2) is 0 Å². The van der Waals surface area contributed by atoms with Gasteiger partial charge in [0.05, 0.1) is 0 Å². The Kier molecular flexibility index (Phi) is 8.51. The van der Waals surface area contributed by atoms with Crippen molar-refractivity contribution in [3.05, 3.63) is 168 Å². The molecule has 0 aromatic heterocycles. The lowest BCUT2D eigenvalue weighted by atomic mass is 10.0. The third kappa shape index (κ3) is 6.94. The molecule has 0 saturated carbocycles. The maximum Gasteiger partial charge on any atom is 0.105 e. The van der Waals surface area contributed by atoms with E-state index in [2.05, 4.69) is 123 Å². The molecule has 0 fully saturated rings. The molecule has 0 saturated heterocycles. The number of rotatable bonds is 12. The minimum absolute atomic E-state index is 0.863. The van der Waals surface area contributed by atoms with Crippen LogP contribution in [0.5, 0.6) is 0 Å². The summed E-state index contributed by atoms with van der Waals surface area (Å²) in [5.41, 5.74) is 9.84. The van der Waals surface area contributed by atoms with E-state index < -0.39 is 0 Å². The third-order valence-electron chi connectivity index (χ3n) is 6.93. The number of benzene rings is 4. The number of hydrogen-bond acceptors (Lipinski definition) is 0. The summed E-state index contributed by atoms with van der Waals surface area (Å²) in [4.78, 5) is 0. The molecule has 0 bridgehead atoms. The van der Waals surface area contributed by atoms with Crippen LogP contribution in [0.1, 0.15) is 44.5 Å². The van der Waals surface area contributed by atoms with Gasteiger partial charge in [-0.25, -0.2) is 0 Å². The molecule has 4 aromatic carbocycles. The van der Waals surface area contributed by atoms with E-state index >= 15 is 0 Å². The van der Waals surface area contributed by atoms with Crippen molar-refractivity contribution in [1.82, 2.24) is 0 Å². The van der Waals surface area contributed by atoms with Crippen molar-refractivity contribution in [1.29, 1.82) is 0 Å². The molecule has 184 valence electrons. The van der Waals surface area contributed by atoms with Crippen LogP contribution < -0.4 is 0 Å². The lowest BCUT2D eigenvalue weighted by Crippen LogP contribution is -2.45. The number of nitrogens with zero attached hydrogens (tertiary/aromatic N) is 1. The maximum absolute atomic E-state index is 3.92. The normalized spacial score (nSPS) is 11.0. The quantitative estimate of drug-likeness (QED) is 0.177. The molecule has 0 atom stereocenters. The lowest BCUT2D eigenvalue weighted by molar-refractivity contribution is -0.978. The molecule has 0 unspecified atom stereocenters. The van der Waals surface area contributed by atoms with E-state index in [1.807, 2.05) is 24.3 Å². The smallest absolute Gasteiger partial charge is 0.105 e. The summed E-state index contributed by atoms with van der Waals surface area (Å²) in [7, 11) is 0. The Labute approximate surface area is 222 Å². The summed E-state index contributed by atoms with van der Waals surface area (Å²) in [6.07, 6.45) is 7.59. The molecule has 0 radical (unpaired) electrons. The van der Waals surface area contributed by atoms with Gasteiger partial charge in [-0.15, -0.1) is 0 Å². The van der Waals surface area contributed by atoms with Crippen LogP contribution in [-0.4, -0.2) is 4.48 Å². The molecular weight excluding hydrogens is 446 g/mol. The van der Waals surface area contributed by atoms with E-state index in [0.717, 1.165) is 52.9 Å². The predicted molar refractivity (Wildman–Crippen MR) is 161 cm³/mol. The van der Waals surface area contributed by atoms with Crippen LogP contribution in [0, 0.1) is 0 Å². The molecular formula is C36H36N+. The minimum Gasteiger partial charge on any atom is -0.309 e. The minimum atomic E-state index is 0.863. The van der Waals surface area contributed by atoms with Crippen LogP contribution in [0.25, 0.3) is 24.3 Å². The zero-order chi connectivity index (χ0) is 26.1. The summed E-state index contributed by atoms with van der Waals surface area (Å²) < 4.78 is 0.863. The lowest BCUT2D eigenvalue weighted by Gasteiger charge is -2.39. The van der Waals surface area contributed by atoms with Crippen molar-refractivity contribution < 1.29 is 4.48 Å². The molecule has 1 nitrogen and oxygen atoms in total. The molecule has 0 N–H and O–H groups in total. The molecule has 0 aliphatic rings. The zero-order valence-corrected chi connectivity index (χ0v) is 21.7. The average molecular weight is 483 g/mol. The average Bonchev–Trinajstić information content (AvgIpc) is 2.94. The van der Waals surface area contributed by atoms with Crippen molar-refractivity contribution in [2.45, 2.75) is 26.2 Å². The third-order valence-corrected chi connectivity index (χ3v) is 6.93. The predicted octanol–water partition coefficient (Wildman–Crippen LogP) is 9.18. The highest BCUT2D eigenvalue weighted by Crippen LogP contribution is 2.28. The van der Waals surface area contributed by atoms with Gasteiger partial charge in [-0.05, 0) is 22.3 Å². The second-order valence-corrected chi connectivity index (χ2v) is 9.76. The van der Waals surface area contributed by atoms with E-state index in [1.54, 1.807) is 0 Å². The second-order valence-electron chi connectivity index (χ2n) is 9.76. The van der Waals surface area contributed by atoms with Crippen molar-refractivity contribution in [3.63, 3.8) is 0 Å². The van der Waals surface area contributed by atoms with E-state index in [4.69, 9.17) is 0 Å². The van der Waals surface area contributed by atoms with Gasteiger partial charge in [-0.3, -0.25) is 0 Å². The first-order valence-corrected chi connectivity index (χ1v) is 12.8. The van der Waals surface area contributed by atoms with E-state index in [9.17, 15) is 0 Å². The highest BCUT2D eigenvalue weighted by molar-refractivity contribution is 5.49. The summed E-state index contributed by atoms with van der Waals surface area (Å²) in [6, 6.07) is 35.2. The van der Waals surface area contributed by atoms with Crippen LogP contribution >= 0.6 is 0 Å². The fraction of sp³-hybridized carbons (Fsp3) is 0.111. The van der Waals surface area contributed by atoms with E-state index in [-0.39, 0.29) is 0 Å². The number of hydrogen-bond donors (Lipinski definition) is 0. The summed E-state index contributed by atoms with van der Waals surface area (Å²) >= 11 is 0. The van der Waals surface area contributed by atoms with E-state index in [0.29, 0.717) is 0 Å². The number of quaternary nitrogens is 1. The van der Waals surface area contributed by atoms with Crippen LogP contribution in [0.2, 0.25) is 0 Å². The van der Waals surface area contributed by atoms with Crippen molar-refractivity contribution >= 4 is 24.3 Å². The van der Waals surface area contributed by atoms with Crippen molar-refractivity contribution in [3.8, 4) is 0 Å². The second kappa shape index (κ2) is 12.2. The Morgan fingerprint density at radius 3 is 0.703 bits per heavy atom. The highest BCUT2D eigenvalue weighted by atomic mass is 15.3. The molecule has 0 aliphatic carbocycles. The summed E-state index contributed by atoms with van der Waals surface area (Å²) in [6.45, 7) is 19.3. The summed E-state index contributed by atoms with van der Waals surface area (Å²) in [5.74, 6) is 0. The maximum atomic E-state index is 3.92. The van der Waals surface area contributed by atoms with Crippen molar-refractivity contribution in [2.24, 2.45) is 0 Å². The van der Waals surface area contributed by atoms with Gasteiger partial charge in [-0.1, -0.05) is 148 Å². The fourth-order valence-corrected chi connectivity index (χ4v) is 4.92. The zero-order valence-electron chi connectivity index (χ0n) is 21.7. The highest BCUT2D eigenvalue weighted by Gasteiger charge is 2.30. The van der Waals surface area contributed by atoms with Crippen LogP contribution in [0.4, 0.5) is 0 Å². The van der Waals surface area contributed by atoms with Gasteiger partial charge in [0.1, 0.15) is 26.2 Å². The Balaban J connectivity index is 1.78. The van der Waals surface area contributed by atoms with Gasteiger partial charge in [0, 0.05) is 22.3 Å². The molecule has 4 aromatic rings. The fourth-order valence-electron chi connectivity index (χ4n) is 4.92. The topological polar surface area (TPSA) is 0 Å². The monoisotopic (exact) mass is 482 g/mol. The SMILES string of the molecule is C=Cc1ccc(C[N+](Cc2ccc(C=C)cc2)(Cc2ccc(C=C)cc2)Cc2ccc(C=C)cc2)cc1. The molecule has 1 heteroatoms. The largest absolute Gasteiger partial charge is 0.309 e. The van der Waals surface area contributed by atoms with Gasteiger partial charge in [-0.2, -0.15) is 0 Å². The first-order valence-electron chi connectivity index (χ1n) is 12.8.